The summed E-state index contributed by atoms with van der Waals surface area (Å²) in [6.07, 6.45) is -0.452. The van der Waals surface area contributed by atoms with Crippen LogP contribution >= 0.6 is 15.9 Å². The van der Waals surface area contributed by atoms with Crippen LogP contribution in [-0.2, 0) is 9.59 Å². The zero-order chi connectivity index (χ0) is 16.8. The van der Waals surface area contributed by atoms with Gasteiger partial charge in [-0.3, -0.25) is 9.59 Å². The van der Waals surface area contributed by atoms with Gasteiger partial charge in [-0.15, -0.1) is 0 Å². The number of benzene rings is 2. The second-order valence-corrected chi connectivity index (χ2v) is 5.33. The van der Waals surface area contributed by atoms with Crippen molar-refractivity contribution in [1.29, 1.82) is 0 Å². The third-order valence-corrected chi connectivity index (χ3v) is 3.30. The van der Waals surface area contributed by atoms with Crippen molar-refractivity contribution < 1.29 is 27.8 Å². The molecule has 0 aliphatic heterocycles. The number of hydrogen-bond acceptors (Lipinski definition) is 4. The third kappa shape index (κ3) is 5.45. The molecule has 0 aliphatic rings. The van der Waals surface area contributed by atoms with E-state index < -0.39 is 23.6 Å². The van der Waals surface area contributed by atoms with Gasteiger partial charge in [0.15, 0.2) is 0 Å². The number of hydrogen-bond donors (Lipinski definition) is 0. The maximum Gasteiger partial charge on any atom is 0.311 e. The third-order valence-electron chi connectivity index (χ3n) is 2.68. The molecule has 0 bridgehead atoms. The van der Waals surface area contributed by atoms with Gasteiger partial charge in [-0.05, 0) is 46.3 Å². The topological polar surface area (TPSA) is 52.6 Å². The average Bonchev–Trinajstić information content (AvgIpc) is 2.48. The molecule has 0 spiro atoms. The number of esters is 2. The fourth-order valence-electron chi connectivity index (χ4n) is 1.65. The van der Waals surface area contributed by atoms with E-state index in [1.165, 1.54) is 24.3 Å². The maximum atomic E-state index is 12.9. The monoisotopic (exact) mass is 384 g/mol. The number of carbonyl (C=O) groups is 2. The molecular formula is C16H11BrF2O4. The second-order valence-electron chi connectivity index (χ2n) is 4.48. The van der Waals surface area contributed by atoms with Crippen molar-refractivity contribution in [3.05, 3.63) is 58.6 Å². The van der Waals surface area contributed by atoms with Crippen LogP contribution in [0.25, 0.3) is 0 Å². The van der Waals surface area contributed by atoms with Gasteiger partial charge in [0.05, 0.1) is 17.3 Å². The molecule has 0 saturated heterocycles. The van der Waals surface area contributed by atoms with Gasteiger partial charge in [-0.25, -0.2) is 8.78 Å². The van der Waals surface area contributed by atoms with Gasteiger partial charge in [-0.1, -0.05) is 6.07 Å². The van der Waals surface area contributed by atoms with Crippen LogP contribution < -0.4 is 9.47 Å². The van der Waals surface area contributed by atoms with Crippen molar-refractivity contribution >= 4 is 27.9 Å². The molecule has 2 rings (SSSR count). The molecule has 23 heavy (non-hydrogen) atoms. The summed E-state index contributed by atoms with van der Waals surface area (Å²) in [5.41, 5.74) is 0. The number of halogens is 3. The molecule has 0 aromatic heterocycles. The fourth-order valence-corrected chi connectivity index (χ4v) is 2.08. The van der Waals surface area contributed by atoms with Crippen LogP contribution in [0.3, 0.4) is 0 Å². The zero-order valence-corrected chi connectivity index (χ0v) is 13.3. The summed E-state index contributed by atoms with van der Waals surface area (Å²) in [4.78, 5) is 23.2. The van der Waals surface area contributed by atoms with E-state index >= 15 is 0 Å². The number of ether oxygens (including phenoxy) is 2. The Morgan fingerprint density at radius 3 is 2.22 bits per heavy atom. The quantitative estimate of drug-likeness (QED) is 0.577. The van der Waals surface area contributed by atoms with Gasteiger partial charge in [0.25, 0.3) is 0 Å². The Bertz CT molecular complexity index is 734. The van der Waals surface area contributed by atoms with Crippen LogP contribution in [0.4, 0.5) is 8.78 Å². The number of rotatable bonds is 5. The largest absolute Gasteiger partial charge is 0.426 e. The lowest BCUT2D eigenvalue weighted by Crippen LogP contribution is -2.14. The fraction of sp³-hybridized carbons (Fsp3) is 0.125. The first-order valence-electron chi connectivity index (χ1n) is 6.56. The molecule has 0 unspecified atom stereocenters. The molecule has 2 aromatic carbocycles. The van der Waals surface area contributed by atoms with Crippen LogP contribution in [0, 0.1) is 11.6 Å². The van der Waals surface area contributed by atoms with Gasteiger partial charge in [0.2, 0.25) is 0 Å². The standard InChI is InChI=1S/C16H11BrF2O4/c17-13-9-11(19)4-5-14(13)23-16(21)7-6-15(20)22-12-3-1-2-10(18)8-12/h1-5,8-9H,6-7H2. The molecule has 0 N–H and O–H groups in total. The van der Waals surface area contributed by atoms with Crippen molar-refractivity contribution in [2.45, 2.75) is 12.8 Å². The van der Waals surface area contributed by atoms with Crippen LogP contribution in [-0.4, -0.2) is 11.9 Å². The Kier molecular flexibility index (Phi) is 5.81. The molecular weight excluding hydrogens is 374 g/mol. The Hall–Kier alpha value is -2.28. The van der Waals surface area contributed by atoms with Crippen molar-refractivity contribution in [1.82, 2.24) is 0 Å². The van der Waals surface area contributed by atoms with E-state index in [1.807, 2.05) is 0 Å². The first-order valence-corrected chi connectivity index (χ1v) is 7.35. The summed E-state index contributed by atoms with van der Waals surface area (Å²) < 4.78 is 36.0. The van der Waals surface area contributed by atoms with Gasteiger partial charge in [0.1, 0.15) is 23.1 Å². The van der Waals surface area contributed by atoms with E-state index in [0.29, 0.717) is 0 Å². The Morgan fingerprint density at radius 1 is 0.913 bits per heavy atom. The van der Waals surface area contributed by atoms with Crippen LogP contribution in [0.2, 0.25) is 0 Å². The summed E-state index contributed by atoms with van der Waals surface area (Å²) in [7, 11) is 0. The van der Waals surface area contributed by atoms with Gasteiger partial charge in [0, 0.05) is 6.07 Å². The molecule has 4 nitrogen and oxygen atoms in total. The minimum Gasteiger partial charge on any atom is -0.426 e. The molecule has 7 heteroatoms. The molecule has 0 radical (unpaired) electrons. The molecule has 120 valence electrons. The van der Waals surface area contributed by atoms with Gasteiger partial charge in [-0.2, -0.15) is 0 Å². The Labute approximate surface area is 139 Å². The minimum absolute atomic E-state index is 0.0599. The first-order chi connectivity index (χ1) is 10.9. The van der Waals surface area contributed by atoms with Crippen molar-refractivity contribution in [3.63, 3.8) is 0 Å². The maximum absolute atomic E-state index is 12.9. The van der Waals surface area contributed by atoms with E-state index in [2.05, 4.69) is 15.9 Å². The van der Waals surface area contributed by atoms with Crippen molar-refractivity contribution in [2.24, 2.45) is 0 Å². The van der Waals surface area contributed by atoms with Crippen LogP contribution in [0.1, 0.15) is 12.8 Å². The lowest BCUT2D eigenvalue weighted by atomic mass is 10.3. The SMILES string of the molecule is O=C(CCC(=O)Oc1ccc(F)cc1Br)Oc1cccc(F)c1. The van der Waals surface area contributed by atoms with E-state index in [-0.39, 0.29) is 28.8 Å². The summed E-state index contributed by atoms with van der Waals surface area (Å²) in [6.45, 7) is 0. The highest BCUT2D eigenvalue weighted by atomic mass is 79.9. The predicted octanol–water partition coefficient (Wildman–Crippen LogP) is 4.02. The number of carbonyl (C=O) groups excluding carboxylic acids is 2. The minimum atomic E-state index is -0.689. The Balaban J connectivity index is 1.83. The molecule has 0 heterocycles. The second kappa shape index (κ2) is 7.82. The summed E-state index contributed by atoms with van der Waals surface area (Å²) in [6, 6.07) is 8.70. The lowest BCUT2D eigenvalue weighted by Gasteiger charge is -2.07. The van der Waals surface area contributed by atoms with Crippen LogP contribution in [0.5, 0.6) is 11.5 Å². The molecule has 2 aromatic rings. The Morgan fingerprint density at radius 2 is 1.57 bits per heavy atom. The summed E-state index contributed by atoms with van der Waals surface area (Å²) in [5.74, 6) is -2.16. The first kappa shape index (κ1) is 17.1. The average molecular weight is 385 g/mol. The van der Waals surface area contributed by atoms with Gasteiger partial charge < -0.3 is 9.47 Å². The highest BCUT2D eigenvalue weighted by Gasteiger charge is 2.13. The molecule has 0 fully saturated rings. The molecule has 0 atom stereocenters. The zero-order valence-electron chi connectivity index (χ0n) is 11.7. The highest BCUT2D eigenvalue weighted by molar-refractivity contribution is 9.10. The van der Waals surface area contributed by atoms with Crippen molar-refractivity contribution in [3.8, 4) is 11.5 Å². The molecule has 0 aliphatic carbocycles. The van der Waals surface area contributed by atoms with E-state index in [0.717, 1.165) is 18.2 Å². The van der Waals surface area contributed by atoms with Gasteiger partial charge >= 0.3 is 11.9 Å². The highest BCUT2D eigenvalue weighted by Crippen LogP contribution is 2.25. The molecule has 0 amide bonds. The molecule has 0 saturated carbocycles. The van der Waals surface area contributed by atoms with E-state index in [9.17, 15) is 18.4 Å². The normalized spacial score (nSPS) is 10.2. The summed E-state index contributed by atoms with van der Waals surface area (Å²) >= 11 is 3.06. The van der Waals surface area contributed by atoms with E-state index in [1.54, 1.807) is 0 Å². The summed E-state index contributed by atoms with van der Waals surface area (Å²) in [5, 5.41) is 0. The predicted molar refractivity (Wildman–Crippen MR) is 81.0 cm³/mol. The van der Waals surface area contributed by atoms with Crippen LogP contribution in [0.15, 0.2) is 46.9 Å². The van der Waals surface area contributed by atoms with E-state index in [4.69, 9.17) is 9.47 Å². The van der Waals surface area contributed by atoms with Crippen molar-refractivity contribution in [2.75, 3.05) is 0 Å². The smallest absolute Gasteiger partial charge is 0.311 e. The lowest BCUT2D eigenvalue weighted by molar-refractivity contribution is -0.140.